The molecule has 0 spiro atoms. The van der Waals surface area contributed by atoms with Gasteiger partial charge in [-0.25, -0.2) is 0 Å². The molecule has 2 heteroatoms. The van der Waals surface area contributed by atoms with Crippen LogP contribution in [0.1, 0.15) is 32.4 Å². The van der Waals surface area contributed by atoms with E-state index in [1.54, 1.807) is 6.26 Å². The van der Waals surface area contributed by atoms with Crippen molar-refractivity contribution in [2.45, 2.75) is 39.3 Å². The molecule has 1 aromatic heterocycles. The van der Waals surface area contributed by atoms with Crippen molar-refractivity contribution in [2.24, 2.45) is 5.41 Å². The fourth-order valence-electron chi connectivity index (χ4n) is 1.88. The number of furan rings is 1. The highest BCUT2D eigenvalue weighted by Gasteiger charge is 2.37. The second-order valence-electron chi connectivity index (χ2n) is 4.54. The molecule has 1 N–H and O–H groups in total. The van der Waals surface area contributed by atoms with E-state index in [4.69, 9.17) is 4.42 Å². The fourth-order valence-corrected chi connectivity index (χ4v) is 1.88. The third-order valence-electron chi connectivity index (χ3n) is 3.12. The third-order valence-corrected chi connectivity index (χ3v) is 3.12. The lowest BCUT2D eigenvalue weighted by Crippen LogP contribution is -2.49. The van der Waals surface area contributed by atoms with E-state index >= 15 is 0 Å². The first-order valence-corrected chi connectivity index (χ1v) is 4.94. The molecule has 1 atom stereocenters. The second-order valence-corrected chi connectivity index (χ2v) is 4.54. The van der Waals surface area contributed by atoms with Crippen molar-refractivity contribution < 1.29 is 4.42 Å². The zero-order chi connectivity index (χ0) is 9.31. The number of rotatable bonds is 3. The number of hydrogen-bond acceptors (Lipinski definition) is 2. The Labute approximate surface area is 79.3 Å². The van der Waals surface area contributed by atoms with Gasteiger partial charge in [-0.2, -0.15) is 0 Å². The molecule has 1 unspecified atom stereocenters. The average molecular weight is 179 g/mol. The fraction of sp³-hybridized carbons (Fsp3) is 0.636. The molecule has 2 nitrogen and oxygen atoms in total. The maximum absolute atomic E-state index is 5.26. The summed E-state index contributed by atoms with van der Waals surface area (Å²) < 4.78 is 5.26. The largest absolute Gasteiger partial charge is 0.468 e. The van der Waals surface area contributed by atoms with Crippen LogP contribution in [0.2, 0.25) is 0 Å². The summed E-state index contributed by atoms with van der Waals surface area (Å²) in [4.78, 5) is 0. The Morgan fingerprint density at radius 3 is 2.92 bits per heavy atom. The van der Waals surface area contributed by atoms with Crippen molar-refractivity contribution >= 4 is 0 Å². The first kappa shape index (κ1) is 8.82. The molecule has 0 bridgehead atoms. The Kier molecular flexibility index (Phi) is 2.16. The molecule has 1 heterocycles. The van der Waals surface area contributed by atoms with Crippen LogP contribution in [-0.2, 0) is 6.54 Å². The molecule has 0 aromatic carbocycles. The second kappa shape index (κ2) is 3.18. The Hall–Kier alpha value is -0.760. The lowest BCUT2D eigenvalue weighted by Gasteiger charge is -2.45. The molecule has 1 fully saturated rings. The van der Waals surface area contributed by atoms with Gasteiger partial charge < -0.3 is 9.73 Å². The van der Waals surface area contributed by atoms with E-state index in [1.807, 2.05) is 12.1 Å². The predicted octanol–water partition coefficient (Wildman–Crippen LogP) is 2.56. The van der Waals surface area contributed by atoms with E-state index in [0.29, 0.717) is 11.5 Å². The Balaban J connectivity index is 1.81. The molecular formula is C11H17NO. The van der Waals surface area contributed by atoms with Gasteiger partial charge >= 0.3 is 0 Å². The minimum absolute atomic E-state index is 0.479. The molecule has 1 aromatic rings. The Morgan fingerprint density at radius 1 is 1.62 bits per heavy atom. The van der Waals surface area contributed by atoms with Gasteiger partial charge in [0.25, 0.3) is 0 Å². The summed E-state index contributed by atoms with van der Waals surface area (Å²) >= 11 is 0. The van der Waals surface area contributed by atoms with Crippen LogP contribution in [0, 0.1) is 5.41 Å². The van der Waals surface area contributed by atoms with E-state index in [0.717, 1.165) is 12.3 Å². The van der Waals surface area contributed by atoms with Crippen LogP contribution in [0.3, 0.4) is 0 Å². The SMILES string of the molecule is CC1(C)CCC1NCc1ccco1. The van der Waals surface area contributed by atoms with Gasteiger partial charge in [0.2, 0.25) is 0 Å². The topological polar surface area (TPSA) is 25.2 Å². The standard InChI is InChI=1S/C11H17NO/c1-11(2)6-5-10(11)12-8-9-4-3-7-13-9/h3-4,7,10,12H,5-6,8H2,1-2H3. The zero-order valence-electron chi connectivity index (χ0n) is 8.34. The number of nitrogens with one attached hydrogen (secondary N) is 1. The van der Waals surface area contributed by atoms with Crippen LogP contribution in [0.15, 0.2) is 22.8 Å². The molecule has 72 valence electrons. The van der Waals surface area contributed by atoms with Gasteiger partial charge in [-0.1, -0.05) is 13.8 Å². The van der Waals surface area contributed by atoms with Crippen LogP contribution in [-0.4, -0.2) is 6.04 Å². The lowest BCUT2D eigenvalue weighted by atomic mass is 9.67. The van der Waals surface area contributed by atoms with Crippen LogP contribution in [0.5, 0.6) is 0 Å². The van der Waals surface area contributed by atoms with Crippen molar-refractivity contribution in [3.63, 3.8) is 0 Å². The molecule has 0 aliphatic heterocycles. The Morgan fingerprint density at radius 2 is 2.46 bits per heavy atom. The van der Waals surface area contributed by atoms with Crippen LogP contribution in [0.25, 0.3) is 0 Å². The maximum Gasteiger partial charge on any atom is 0.117 e. The highest BCUT2D eigenvalue weighted by molar-refractivity contribution is 5.00. The van der Waals surface area contributed by atoms with E-state index < -0.39 is 0 Å². The average Bonchev–Trinajstić information content (AvgIpc) is 2.55. The van der Waals surface area contributed by atoms with Gasteiger partial charge in [0.15, 0.2) is 0 Å². The van der Waals surface area contributed by atoms with E-state index in [-0.39, 0.29) is 0 Å². The molecule has 1 aliphatic rings. The van der Waals surface area contributed by atoms with Crippen LogP contribution < -0.4 is 5.32 Å². The van der Waals surface area contributed by atoms with Crippen molar-refractivity contribution in [3.8, 4) is 0 Å². The van der Waals surface area contributed by atoms with Crippen LogP contribution in [0.4, 0.5) is 0 Å². The van der Waals surface area contributed by atoms with Crippen molar-refractivity contribution in [1.82, 2.24) is 5.32 Å². The lowest BCUT2D eigenvalue weighted by molar-refractivity contribution is 0.106. The summed E-state index contributed by atoms with van der Waals surface area (Å²) in [6.07, 6.45) is 4.36. The first-order valence-electron chi connectivity index (χ1n) is 4.94. The molecule has 2 rings (SSSR count). The third kappa shape index (κ3) is 1.78. The molecule has 13 heavy (non-hydrogen) atoms. The normalized spacial score (nSPS) is 25.5. The van der Waals surface area contributed by atoms with Crippen molar-refractivity contribution in [3.05, 3.63) is 24.2 Å². The van der Waals surface area contributed by atoms with Crippen LogP contribution >= 0.6 is 0 Å². The summed E-state index contributed by atoms with van der Waals surface area (Å²) in [6.45, 7) is 5.49. The van der Waals surface area contributed by atoms with Gasteiger partial charge in [-0.15, -0.1) is 0 Å². The summed E-state index contributed by atoms with van der Waals surface area (Å²) in [5, 5.41) is 3.52. The summed E-state index contributed by atoms with van der Waals surface area (Å²) in [7, 11) is 0. The van der Waals surface area contributed by atoms with Gasteiger partial charge in [-0.3, -0.25) is 0 Å². The monoisotopic (exact) mass is 179 g/mol. The zero-order valence-corrected chi connectivity index (χ0v) is 8.34. The quantitative estimate of drug-likeness (QED) is 0.771. The minimum atomic E-state index is 0.479. The van der Waals surface area contributed by atoms with Gasteiger partial charge in [0, 0.05) is 6.04 Å². The summed E-state index contributed by atoms with van der Waals surface area (Å²) in [5.41, 5.74) is 0.479. The maximum atomic E-state index is 5.26. The smallest absolute Gasteiger partial charge is 0.117 e. The van der Waals surface area contributed by atoms with Gasteiger partial charge in [0.1, 0.15) is 5.76 Å². The molecule has 0 amide bonds. The molecule has 0 saturated heterocycles. The molecule has 1 aliphatic carbocycles. The summed E-state index contributed by atoms with van der Waals surface area (Å²) in [6, 6.07) is 4.61. The molecular weight excluding hydrogens is 162 g/mol. The number of hydrogen-bond donors (Lipinski definition) is 1. The van der Waals surface area contributed by atoms with Gasteiger partial charge in [0.05, 0.1) is 12.8 Å². The predicted molar refractivity (Wildman–Crippen MR) is 52.4 cm³/mol. The van der Waals surface area contributed by atoms with Crippen molar-refractivity contribution in [1.29, 1.82) is 0 Å². The Bertz CT molecular complexity index is 264. The highest BCUT2D eigenvalue weighted by atomic mass is 16.3. The minimum Gasteiger partial charge on any atom is -0.468 e. The first-order chi connectivity index (χ1) is 6.18. The summed E-state index contributed by atoms with van der Waals surface area (Å²) in [5.74, 6) is 1.03. The van der Waals surface area contributed by atoms with E-state index in [1.165, 1.54) is 12.8 Å². The molecule has 1 saturated carbocycles. The van der Waals surface area contributed by atoms with E-state index in [9.17, 15) is 0 Å². The van der Waals surface area contributed by atoms with Crippen molar-refractivity contribution in [2.75, 3.05) is 0 Å². The van der Waals surface area contributed by atoms with Gasteiger partial charge in [-0.05, 0) is 30.4 Å². The van der Waals surface area contributed by atoms with E-state index in [2.05, 4.69) is 19.2 Å². The molecule has 0 radical (unpaired) electrons. The highest BCUT2D eigenvalue weighted by Crippen LogP contribution is 2.39.